The lowest BCUT2D eigenvalue weighted by Gasteiger charge is -2.37. The third kappa shape index (κ3) is 7.63. The molecule has 2 aromatic rings. The van der Waals surface area contributed by atoms with Crippen LogP contribution in [0, 0.1) is 0 Å². The molecule has 35 heavy (non-hydrogen) atoms. The molecule has 3 amide bonds. The van der Waals surface area contributed by atoms with Gasteiger partial charge in [0.15, 0.2) is 0 Å². The second-order valence-electron chi connectivity index (χ2n) is 9.74. The van der Waals surface area contributed by atoms with Gasteiger partial charge in [-0.25, -0.2) is 14.4 Å². The van der Waals surface area contributed by atoms with Crippen molar-refractivity contribution in [2.45, 2.75) is 57.4 Å². The average Bonchev–Trinajstić information content (AvgIpc) is 3.15. The van der Waals surface area contributed by atoms with Crippen LogP contribution in [0.5, 0.6) is 0 Å². The number of likely N-dealkylation sites (tertiary alicyclic amines) is 1. The third-order valence-corrected chi connectivity index (χ3v) is 5.70. The van der Waals surface area contributed by atoms with Gasteiger partial charge in [0.2, 0.25) is 0 Å². The predicted molar refractivity (Wildman–Crippen MR) is 130 cm³/mol. The summed E-state index contributed by atoms with van der Waals surface area (Å²) in [6.45, 7) is 5.47. The van der Waals surface area contributed by atoms with Crippen LogP contribution in [0.2, 0.25) is 0 Å². The zero-order valence-electron chi connectivity index (χ0n) is 20.3. The van der Waals surface area contributed by atoms with Crippen molar-refractivity contribution in [3.05, 3.63) is 71.8 Å². The first-order valence-corrected chi connectivity index (χ1v) is 11.5. The smallest absolute Gasteiger partial charge is 0.407 e. The highest BCUT2D eigenvalue weighted by molar-refractivity contribution is 5.71. The molecule has 3 rings (SSSR count). The highest BCUT2D eigenvalue weighted by atomic mass is 16.6. The molecule has 0 radical (unpaired) electrons. The molecule has 1 aliphatic heterocycles. The van der Waals surface area contributed by atoms with Gasteiger partial charge in [0, 0.05) is 13.1 Å². The van der Waals surface area contributed by atoms with Crippen molar-refractivity contribution in [1.29, 1.82) is 0 Å². The molecule has 0 spiro atoms. The minimum absolute atomic E-state index is 0.0281. The minimum Gasteiger partial charge on any atom is -0.465 e. The number of carboxylic acid groups (broad SMARTS) is 1. The maximum Gasteiger partial charge on any atom is 0.407 e. The molecule has 1 fully saturated rings. The van der Waals surface area contributed by atoms with Crippen LogP contribution in [-0.2, 0) is 22.5 Å². The molecular weight excluding hydrogens is 450 g/mol. The number of carbonyl (C=O) groups excluding carboxylic acids is 2. The van der Waals surface area contributed by atoms with Crippen molar-refractivity contribution >= 4 is 18.3 Å². The van der Waals surface area contributed by atoms with Crippen LogP contribution in [0.1, 0.15) is 38.3 Å². The molecule has 2 aromatic carbocycles. The molecule has 0 aliphatic carbocycles. The molecule has 0 aromatic heterocycles. The summed E-state index contributed by atoms with van der Waals surface area (Å²) in [5.74, 6) is 0. The van der Waals surface area contributed by atoms with Crippen LogP contribution < -0.4 is 10.6 Å². The zero-order valence-corrected chi connectivity index (χ0v) is 20.3. The van der Waals surface area contributed by atoms with Crippen molar-refractivity contribution < 1.29 is 29.0 Å². The van der Waals surface area contributed by atoms with Crippen molar-refractivity contribution in [3.63, 3.8) is 0 Å². The van der Waals surface area contributed by atoms with Gasteiger partial charge in [-0.05, 0) is 44.7 Å². The Bertz CT molecular complexity index is 1010. The van der Waals surface area contributed by atoms with Gasteiger partial charge >= 0.3 is 18.3 Å². The van der Waals surface area contributed by atoms with Gasteiger partial charge in [0.25, 0.3) is 0 Å². The normalized spacial score (nSPS) is 19.6. The van der Waals surface area contributed by atoms with Crippen molar-refractivity contribution in [2.24, 2.45) is 0 Å². The number of rotatable bonds is 7. The number of hydrogen-bond acceptors (Lipinski definition) is 5. The van der Waals surface area contributed by atoms with E-state index in [9.17, 15) is 19.5 Å². The molecule has 2 atom stereocenters. The van der Waals surface area contributed by atoms with E-state index in [0.717, 1.165) is 11.1 Å². The maximum absolute atomic E-state index is 12.5. The fourth-order valence-corrected chi connectivity index (χ4v) is 4.28. The van der Waals surface area contributed by atoms with Gasteiger partial charge in [-0.1, -0.05) is 60.7 Å². The molecule has 0 unspecified atom stereocenters. The molecule has 9 heteroatoms. The molecule has 0 bridgehead atoms. The summed E-state index contributed by atoms with van der Waals surface area (Å²) in [7, 11) is 0. The molecule has 1 saturated heterocycles. The van der Waals surface area contributed by atoms with Gasteiger partial charge in [-0.15, -0.1) is 0 Å². The van der Waals surface area contributed by atoms with Gasteiger partial charge < -0.3 is 25.2 Å². The summed E-state index contributed by atoms with van der Waals surface area (Å²) in [4.78, 5) is 38.4. The molecule has 9 nitrogen and oxygen atoms in total. The summed E-state index contributed by atoms with van der Waals surface area (Å²) >= 11 is 0. The number of carbonyl (C=O) groups is 3. The number of hydrogen-bond donors (Lipinski definition) is 3. The van der Waals surface area contributed by atoms with Gasteiger partial charge in [0.1, 0.15) is 12.2 Å². The standard InChI is InChI=1S/C26H33N3O6/c1-25(2,3)35-22(30)27-18-26(14-19-10-6-4-7-11-19)15-21(16-29(26)24(32)33)28-23(31)34-17-20-12-8-5-9-13-20/h4-13,21H,14-18H2,1-3H3,(H,27,30)(H,28,31)(H,32,33)/t21-,26-/m0/s1. The Balaban J connectivity index is 1.74. The predicted octanol–water partition coefficient (Wildman–Crippen LogP) is 4.17. The second kappa shape index (κ2) is 11.1. The Hall–Kier alpha value is -3.75. The van der Waals surface area contributed by atoms with Crippen LogP contribution in [0.15, 0.2) is 60.7 Å². The average molecular weight is 484 g/mol. The Labute approximate surface area is 205 Å². The van der Waals surface area contributed by atoms with Crippen molar-refractivity contribution in [2.75, 3.05) is 13.1 Å². The first-order valence-electron chi connectivity index (χ1n) is 11.5. The fourth-order valence-electron chi connectivity index (χ4n) is 4.28. The number of nitrogens with zero attached hydrogens (tertiary/aromatic N) is 1. The highest BCUT2D eigenvalue weighted by Gasteiger charge is 2.49. The summed E-state index contributed by atoms with van der Waals surface area (Å²) < 4.78 is 10.7. The summed E-state index contributed by atoms with van der Waals surface area (Å²) in [6.07, 6.45) is -1.74. The van der Waals surface area contributed by atoms with E-state index >= 15 is 0 Å². The van der Waals surface area contributed by atoms with Crippen LogP contribution in [0.3, 0.4) is 0 Å². The van der Waals surface area contributed by atoms with Gasteiger partial charge in [-0.3, -0.25) is 4.90 Å². The molecule has 1 aliphatic rings. The first-order chi connectivity index (χ1) is 16.6. The first kappa shape index (κ1) is 25.9. The number of nitrogens with one attached hydrogen (secondary N) is 2. The number of amides is 3. The quantitative estimate of drug-likeness (QED) is 0.544. The Morgan fingerprint density at radius 3 is 2.17 bits per heavy atom. The Morgan fingerprint density at radius 1 is 1.00 bits per heavy atom. The van der Waals surface area contributed by atoms with E-state index in [-0.39, 0.29) is 19.7 Å². The van der Waals surface area contributed by atoms with E-state index in [0.29, 0.717) is 12.8 Å². The molecule has 188 valence electrons. The summed E-state index contributed by atoms with van der Waals surface area (Å²) in [5, 5.41) is 15.5. The van der Waals surface area contributed by atoms with Crippen LogP contribution in [0.25, 0.3) is 0 Å². The topological polar surface area (TPSA) is 117 Å². The van der Waals surface area contributed by atoms with E-state index in [1.165, 1.54) is 4.90 Å². The monoisotopic (exact) mass is 483 g/mol. The maximum atomic E-state index is 12.5. The van der Waals surface area contributed by atoms with Crippen LogP contribution in [-0.4, -0.2) is 58.6 Å². The highest BCUT2D eigenvalue weighted by Crippen LogP contribution is 2.33. The lowest BCUT2D eigenvalue weighted by Crippen LogP contribution is -2.55. The van der Waals surface area contributed by atoms with Crippen molar-refractivity contribution in [1.82, 2.24) is 15.5 Å². The largest absolute Gasteiger partial charge is 0.465 e. The van der Waals surface area contributed by atoms with E-state index in [1.54, 1.807) is 20.8 Å². The molecule has 1 heterocycles. The van der Waals surface area contributed by atoms with Crippen molar-refractivity contribution in [3.8, 4) is 0 Å². The Kier molecular flexibility index (Phi) is 8.22. The summed E-state index contributed by atoms with van der Waals surface area (Å²) in [5.41, 5.74) is 0.0886. The molecule has 3 N–H and O–H groups in total. The lowest BCUT2D eigenvalue weighted by atomic mass is 9.87. The van der Waals surface area contributed by atoms with E-state index < -0.39 is 35.5 Å². The lowest BCUT2D eigenvalue weighted by molar-refractivity contribution is 0.0468. The van der Waals surface area contributed by atoms with E-state index in [4.69, 9.17) is 9.47 Å². The van der Waals surface area contributed by atoms with Gasteiger partial charge in [0.05, 0.1) is 11.6 Å². The summed E-state index contributed by atoms with van der Waals surface area (Å²) in [6, 6.07) is 18.2. The molecular formula is C26H33N3O6. The third-order valence-electron chi connectivity index (χ3n) is 5.70. The van der Waals surface area contributed by atoms with E-state index in [2.05, 4.69) is 10.6 Å². The zero-order chi connectivity index (χ0) is 25.5. The van der Waals surface area contributed by atoms with Gasteiger partial charge in [-0.2, -0.15) is 0 Å². The van der Waals surface area contributed by atoms with Crippen LogP contribution >= 0.6 is 0 Å². The van der Waals surface area contributed by atoms with Crippen LogP contribution in [0.4, 0.5) is 14.4 Å². The second-order valence-corrected chi connectivity index (χ2v) is 9.74. The number of alkyl carbamates (subject to hydrolysis) is 2. The number of benzene rings is 2. The number of ether oxygens (including phenoxy) is 2. The minimum atomic E-state index is -1.13. The SMILES string of the molecule is CC(C)(C)OC(=O)NC[C@]1(Cc2ccccc2)C[C@H](NC(=O)OCc2ccccc2)CN1C(=O)O. The fraction of sp³-hybridized carbons (Fsp3) is 0.423. The Morgan fingerprint density at radius 2 is 1.60 bits per heavy atom. The molecule has 0 saturated carbocycles. The van der Waals surface area contributed by atoms with E-state index in [1.807, 2.05) is 60.7 Å².